The minimum absolute atomic E-state index is 0.158. The molecule has 0 aliphatic heterocycles. The van der Waals surface area contributed by atoms with Gasteiger partial charge in [0.1, 0.15) is 5.82 Å². The molecule has 0 fully saturated rings. The highest BCUT2D eigenvalue weighted by Gasteiger charge is 2.05. The van der Waals surface area contributed by atoms with Crippen LogP contribution in [0.1, 0.15) is 18.4 Å². The highest BCUT2D eigenvalue weighted by Crippen LogP contribution is 2.26. The topological polar surface area (TPSA) is 62.2 Å². The number of anilines is 1. The summed E-state index contributed by atoms with van der Waals surface area (Å²) in [6, 6.07) is 7.58. The highest BCUT2D eigenvalue weighted by atomic mass is 35.5. The fraction of sp³-hybridized carbons (Fsp3) is 0.286. The molecular formula is C14H15ClN2O2. The SMILES string of the molecule is Cc1ccc(Cl)c2ccc(NCCCC(=O)O)nc12. The van der Waals surface area contributed by atoms with E-state index in [-0.39, 0.29) is 6.42 Å². The van der Waals surface area contributed by atoms with Crippen molar-refractivity contribution in [3.05, 3.63) is 34.9 Å². The number of carbonyl (C=O) groups is 1. The number of pyridine rings is 1. The number of aliphatic carboxylic acids is 1. The number of aromatic nitrogens is 1. The van der Waals surface area contributed by atoms with Gasteiger partial charge in [0.25, 0.3) is 0 Å². The molecule has 0 aliphatic carbocycles. The van der Waals surface area contributed by atoms with Crippen molar-refractivity contribution in [1.82, 2.24) is 4.98 Å². The molecule has 5 heteroatoms. The summed E-state index contributed by atoms with van der Waals surface area (Å²) in [5.41, 5.74) is 1.93. The summed E-state index contributed by atoms with van der Waals surface area (Å²) < 4.78 is 0. The third kappa shape index (κ3) is 3.35. The molecule has 0 atom stereocenters. The Bertz CT molecular complexity index is 614. The summed E-state index contributed by atoms with van der Waals surface area (Å²) in [7, 11) is 0. The van der Waals surface area contributed by atoms with Gasteiger partial charge in [0, 0.05) is 23.4 Å². The third-order valence-electron chi connectivity index (χ3n) is 2.88. The van der Waals surface area contributed by atoms with Gasteiger partial charge in [-0.1, -0.05) is 17.7 Å². The lowest BCUT2D eigenvalue weighted by atomic mass is 10.1. The molecule has 2 aromatic rings. The molecule has 0 aliphatic rings. The van der Waals surface area contributed by atoms with Gasteiger partial charge in [-0.25, -0.2) is 4.98 Å². The van der Waals surface area contributed by atoms with E-state index in [0.717, 1.165) is 22.3 Å². The van der Waals surface area contributed by atoms with E-state index in [1.54, 1.807) is 0 Å². The number of rotatable bonds is 5. The van der Waals surface area contributed by atoms with Gasteiger partial charge in [-0.05, 0) is 37.1 Å². The Morgan fingerprint density at radius 2 is 2.16 bits per heavy atom. The largest absolute Gasteiger partial charge is 0.481 e. The first kappa shape index (κ1) is 13.6. The average molecular weight is 279 g/mol. The van der Waals surface area contributed by atoms with Crippen LogP contribution in [0, 0.1) is 6.92 Å². The summed E-state index contributed by atoms with van der Waals surface area (Å²) >= 11 is 6.12. The van der Waals surface area contributed by atoms with Gasteiger partial charge in [0.05, 0.1) is 5.52 Å². The third-order valence-corrected chi connectivity index (χ3v) is 3.21. The smallest absolute Gasteiger partial charge is 0.303 e. The Hall–Kier alpha value is -1.81. The molecule has 0 saturated carbocycles. The summed E-state index contributed by atoms with van der Waals surface area (Å²) in [5, 5.41) is 13.3. The van der Waals surface area contributed by atoms with Gasteiger partial charge in [0.15, 0.2) is 0 Å². The molecule has 1 aromatic carbocycles. The van der Waals surface area contributed by atoms with E-state index in [0.29, 0.717) is 18.0 Å². The summed E-state index contributed by atoms with van der Waals surface area (Å²) in [4.78, 5) is 14.9. The van der Waals surface area contributed by atoms with Crippen LogP contribution in [0.15, 0.2) is 24.3 Å². The zero-order valence-corrected chi connectivity index (χ0v) is 11.4. The maximum absolute atomic E-state index is 10.4. The minimum Gasteiger partial charge on any atom is -0.481 e. The van der Waals surface area contributed by atoms with E-state index in [9.17, 15) is 4.79 Å². The van der Waals surface area contributed by atoms with Crippen LogP contribution >= 0.6 is 11.6 Å². The van der Waals surface area contributed by atoms with Crippen molar-refractivity contribution in [1.29, 1.82) is 0 Å². The molecule has 0 unspecified atom stereocenters. The lowest BCUT2D eigenvalue weighted by molar-refractivity contribution is -0.137. The molecule has 4 nitrogen and oxygen atoms in total. The number of nitrogens with zero attached hydrogens (tertiary/aromatic N) is 1. The van der Waals surface area contributed by atoms with Crippen molar-refractivity contribution in [2.75, 3.05) is 11.9 Å². The number of fused-ring (bicyclic) bond motifs is 1. The Morgan fingerprint density at radius 3 is 2.89 bits per heavy atom. The first-order valence-corrected chi connectivity index (χ1v) is 6.47. The number of benzene rings is 1. The number of hydrogen-bond donors (Lipinski definition) is 2. The average Bonchev–Trinajstić information content (AvgIpc) is 2.39. The van der Waals surface area contributed by atoms with Gasteiger partial charge < -0.3 is 10.4 Å². The number of carboxylic acid groups (broad SMARTS) is 1. The Labute approximate surface area is 116 Å². The van der Waals surface area contributed by atoms with Crippen LogP contribution < -0.4 is 5.32 Å². The van der Waals surface area contributed by atoms with Crippen LogP contribution in [0.5, 0.6) is 0 Å². The Morgan fingerprint density at radius 1 is 1.37 bits per heavy atom. The number of hydrogen-bond acceptors (Lipinski definition) is 3. The van der Waals surface area contributed by atoms with Gasteiger partial charge in [0.2, 0.25) is 0 Å². The zero-order valence-electron chi connectivity index (χ0n) is 10.6. The molecule has 2 N–H and O–H groups in total. The number of carboxylic acids is 1. The van der Waals surface area contributed by atoms with Crippen molar-refractivity contribution in [3.63, 3.8) is 0 Å². The maximum Gasteiger partial charge on any atom is 0.303 e. The van der Waals surface area contributed by atoms with Crippen molar-refractivity contribution < 1.29 is 9.90 Å². The monoisotopic (exact) mass is 278 g/mol. The van der Waals surface area contributed by atoms with Crippen LogP contribution in [0.3, 0.4) is 0 Å². The molecule has 2 rings (SSSR count). The fourth-order valence-corrected chi connectivity index (χ4v) is 2.09. The van der Waals surface area contributed by atoms with E-state index >= 15 is 0 Å². The molecule has 100 valence electrons. The van der Waals surface area contributed by atoms with E-state index in [4.69, 9.17) is 16.7 Å². The second-order valence-electron chi connectivity index (χ2n) is 4.38. The quantitative estimate of drug-likeness (QED) is 0.822. The van der Waals surface area contributed by atoms with Crippen molar-refractivity contribution in [3.8, 4) is 0 Å². The Balaban J connectivity index is 2.13. The van der Waals surface area contributed by atoms with Crippen LogP contribution in [-0.2, 0) is 4.79 Å². The molecular weight excluding hydrogens is 264 g/mol. The van der Waals surface area contributed by atoms with Crippen molar-refractivity contribution >= 4 is 34.3 Å². The highest BCUT2D eigenvalue weighted by molar-refractivity contribution is 6.35. The van der Waals surface area contributed by atoms with E-state index < -0.39 is 5.97 Å². The number of nitrogens with one attached hydrogen (secondary N) is 1. The van der Waals surface area contributed by atoms with Crippen molar-refractivity contribution in [2.24, 2.45) is 0 Å². The Kier molecular flexibility index (Phi) is 4.22. The molecule has 0 bridgehead atoms. The van der Waals surface area contributed by atoms with E-state index in [2.05, 4.69) is 10.3 Å². The first-order chi connectivity index (χ1) is 9.08. The maximum atomic E-state index is 10.4. The molecule has 0 radical (unpaired) electrons. The lowest BCUT2D eigenvalue weighted by Gasteiger charge is -2.08. The zero-order chi connectivity index (χ0) is 13.8. The minimum atomic E-state index is -0.782. The van der Waals surface area contributed by atoms with Crippen LogP contribution in [0.4, 0.5) is 5.82 Å². The van der Waals surface area contributed by atoms with Gasteiger partial charge in [-0.2, -0.15) is 0 Å². The predicted octanol–water partition coefficient (Wildman–Crippen LogP) is 3.47. The van der Waals surface area contributed by atoms with Gasteiger partial charge >= 0.3 is 5.97 Å². The van der Waals surface area contributed by atoms with Crippen LogP contribution in [0.2, 0.25) is 5.02 Å². The van der Waals surface area contributed by atoms with E-state index in [1.165, 1.54) is 0 Å². The second-order valence-corrected chi connectivity index (χ2v) is 4.79. The lowest BCUT2D eigenvalue weighted by Crippen LogP contribution is -2.06. The normalized spacial score (nSPS) is 10.6. The molecule has 1 heterocycles. The summed E-state index contributed by atoms with van der Waals surface area (Å²) in [6.07, 6.45) is 0.731. The van der Waals surface area contributed by atoms with Crippen LogP contribution in [-0.4, -0.2) is 22.6 Å². The molecule has 0 saturated heterocycles. The number of aryl methyl sites for hydroxylation is 1. The standard InChI is InChI=1S/C14H15ClN2O2/c1-9-4-6-11(15)10-5-7-12(17-14(9)10)16-8-2-3-13(18)19/h4-7H,2-3,8H2,1H3,(H,16,17)(H,18,19). The molecule has 1 aromatic heterocycles. The van der Waals surface area contributed by atoms with Gasteiger partial charge in [-0.3, -0.25) is 4.79 Å². The number of halogens is 1. The van der Waals surface area contributed by atoms with Gasteiger partial charge in [-0.15, -0.1) is 0 Å². The predicted molar refractivity (Wildman–Crippen MR) is 76.8 cm³/mol. The first-order valence-electron chi connectivity index (χ1n) is 6.09. The molecule has 19 heavy (non-hydrogen) atoms. The second kappa shape index (κ2) is 5.89. The van der Waals surface area contributed by atoms with Crippen LogP contribution in [0.25, 0.3) is 10.9 Å². The fourth-order valence-electron chi connectivity index (χ4n) is 1.87. The van der Waals surface area contributed by atoms with Crippen molar-refractivity contribution in [2.45, 2.75) is 19.8 Å². The molecule has 0 spiro atoms. The summed E-state index contributed by atoms with van der Waals surface area (Å²) in [5.74, 6) is -0.0425. The summed E-state index contributed by atoms with van der Waals surface area (Å²) in [6.45, 7) is 2.57. The van der Waals surface area contributed by atoms with E-state index in [1.807, 2.05) is 31.2 Å². The molecule has 0 amide bonds.